The van der Waals surface area contributed by atoms with E-state index < -0.39 is 0 Å². The van der Waals surface area contributed by atoms with Crippen molar-refractivity contribution >= 4 is 51.1 Å². The van der Waals surface area contributed by atoms with Crippen LogP contribution in [0.5, 0.6) is 0 Å². The maximum Gasteiger partial charge on any atom is 0.240 e. The molecule has 0 saturated heterocycles. The second-order valence-electron chi connectivity index (χ2n) is 10.8. The van der Waals surface area contributed by atoms with Gasteiger partial charge in [-0.1, -0.05) is 96.5 Å². The Morgan fingerprint density at radius 1 is 0.750 bits per heavy atom. The highest BCUT2D eigenvalue weighted by atomic mass is 35.5. The topological polar surface area (TPSA) is 37.3 Å². The smallest absolute Gasteiger partial charge is 0.240 e. The number of para-hydroxylation sites is 2. The molecular formula is C37H33ClFN3OS. The molecule has 7 heteroatoms. The van der Waals surface area contributed by atoms with Gasteiger partial charge < -0.3 is 9.88 Å². The van der Waals surface area contributed by atoms with Crippen molar-refractivity contribution in [2.24, 2.45) is 0 Å². The Labute approximate surface area is 266 Å². The average molecular weight is 622 g/mol. The van der Waals surface area contributed by atoms with Crippen LogP contribution in [-0.4, -0.2) is 27.7 Å². The van der Waals surface area contributed by atoms with Gasteiger partial charge in [-0.25, -0.2) is 4.39 Å². The monoisotopic (exact) mass is 621 g/mol. The van der Waals surface area contributed by atoms with Crippen LogP contribution < -0.4 is 5.32 Å². The predicted molar refractivity (Wildman–Crippen MR) is 180 cm³/mol. The Morgan fingerprint density at radius 3 is 2.07 bits per heavy atom. The molecule has 0 bridgehead atoms. The Hall–Kier alpha value is -4.10. The number of carbonyl (C=O) groups excluding carboxylic acids is 1. The molecule has 0 spiro atoms. The van der Waals surface area contributed by atoms with Gasteiger partial charge in [0, 0.05) is 69.2 Å². The normalized spacial score (nSPS) is 11.4. The Kier molecular flexibility index (Phi) is 9.61. The molecule has 1 amide bonds. The standard InChI is InChI=1S/C37H33ClFN3OS/c38-33-13-8-14-34(39)32(33)25-41(21-22-44-29-9-2-1-3-10-29)24-28-19-17-27(18-20-28)23-40-37(43)26-42-35-15-6-4-11-30(35)31-12-5-7-16-36(31)42/h1-20H,21-26H2,(H,40,43). The maximum atomic E-state index is 14.7. The number of rotatable bonds is 12. The van der Waals surface area contributed by atoms with Gasteiger partial charge in [0.25, 0.3) is 0 Å². The molecule has 1 N–H and O–H groups in total. The van der Waals surface area contributed by atoms with E-state index in [1.54, 1.807) is 23.9 Å². The first-order valence-electron chi connectivity index (χ1n) is 14.7. The van der Waals surface area contributed by atoms with E-state index in [0.29, 0.717) is 30.2 Å². The molecular weight excluding hydrogens is 589 g/mol. The number of carbonyl (C=O) groups is 1. The van der Waals surface area contributed by atoms with Gasteiger partial charge in [0.05, 0.1) is 0 Å². The molecule has 5 aromatic carbocycles. The number of hydrogen-bond acceptors (Lipinski definition) is 3. The summed E-state index contributed by atoms with van der Waals surface area (Å²) in [5, 5.41) is 5.83. The van der Waals surface area contributed by atoms with E-state index in [4.69, 9.17) is 11.6 Å². The summed E-state index contributed by atoms with van der Waals surface area (Å²) < 4.78 is 16.7. The summed E-state index contributed by atoms with van der Waals surface area (Å²) >= 11 is 8.16. The van der Waals surface area contributed by atoms with Crippen molar-refractivity contribution in [3.05, 3.63) is 149 Å². The second kappa shape index (κ2) is 14.1. The fraction of sp³-hybridized carbons (Fsp3) is 0.162. The molecule has 1 aromatic heterocycles. The molecule has 0 fully saturated rings. The summed E-state index contributed by atoms with van der Waals surface area (Å²) in [6, 6.07) is 39.7. The average Bonchev–Trinajstić information content (AvgIpc) is 3.36. The van der Waals surface area contributed by atoms with E-state index in [1.165, 1.54) is 11.0 Å². The van der Waals surface area contributed by atoms with Gasteiger partial charge in [-0.05, 0) is 47.5 Å². The summed E-state index contributed by atoms with van der Waals surface area (Å²) in [6.07, 6.45) is 0. The highest BCUT2D eigenvalue weighted by Crippen LogP contribution is 2.28. The molecule has 6 aromatic rings. The van der Waals surface area contributed by atoms with Crippen LogP contribution in [0, 0.1) is 5.82 Å². The minimum Gasteiger partial charge on any atom is -0.350 e. The maximum absolute atomic E-state index is 14.7. The van der Waals surface area contributed by atoms with Crippen LogP contribution in [0.4, 0.5) is 4.39 Å². The largest absolute Gasteiger partial charge is 0.350 e. The van der Waals surface area contributed by atoms with Gasteiger partial charge in [-0.15, -0.1) is 11.8 Å². The van der Waals surface area contributed by atoms with Crippen LogP contribution in [0.1, 0.15) is 16.7 Å². The Morgan fingerprint density at radius 2 is 1.39 bits per heavy atom. The number of halogens is 2. The lowest BCUT2D eigenvalue weighted by molar-refractivity contribution is -0.121. The molecule has 0 radical (unpaired) electrons. The van der Waals surface area contributed by atoms with E-state index in [1.807, 2.05) is 54.6 Å². The van der Waals surface area contributed by atoms with Crippen molar-refractivity contribution in [2.45, 2.75) is 31.1 Å². The number of hydrogen-bond donors (Lipinski definition) is 1. The van der Waals surface area contributed by atoms with Gasteiger partial charge in [0.15, 0.2) is 0 Å². The SMILES string of the molecule is O=C(Cn1c2ccccc2c2ccccc21)NCc1ccc(CN(CCSc2ccccc2)Cc2c(F)cccc2Cl)cc1. The summed E-state index contributed by atoms with van der Waals surface area (Å²) in [5.74, 6) is 0.543. The van der Waals surface area contributed by atoms with Gasteiger partial charge in [0.2, 0.25) is 5.91 Å². The zero-order valence-electron chi connectivity index (χ0n) is 24.3. The van der Waals surface area contributed by atoms with E-state index in [-0.39, 0.29) is 18.3 Å². The molecule has 222 valence electrons. The van der Waals surface area contributed by atoms with Crippen LogP contribution in [0.3, 0.4) is 0 Å². The fourth-order valence-electron chi connectivity index (χ4n) is 5.52. The zero-order chi connectivity index (χ0) is 30.3. The number of nitrogens with zero attached hydrogens (tertiary/aromatic N) is 2. The van der Waals surface area contributed by atoms with E-state index in [0.717, 1.165) is 45.2 Å². The lowest BCUT2D eigenvalue weighted by atomic mass is 10.1. The van der Waals surface area contributed by atoms with Crippen LogP contribution in [0.2, 0.25) is 5.02 Å². The van der Waals surface area contributed by atoms with Crippen molar-refractivity contribution < 1.29 is 9.18 Å². The molecule has 0 atom stereocenters. The summed E-state index contributed by atoms with van der Waals surface area (Å²) in [7, 11) is 0. The molecule has 6 rings (SSSR count). The van der Waals surface area contributed by atoms with Gasteiger partial charge in [-0.2, -0.15) is 0 Å². The molecule has 44 heavy (non-hydrogen) atoms. The van der Waals surface area contributed by atoms with Crippen LogP contribution in [0.15, 0.2) is 126 Å². The number of aromatic nitrogens is 1. The van der Waals surface area contributed by atoms with E-state index in [2.05, 4.69) is 63.3 Å². The summed E-state index contributed by atoms with van der Waals surface area (Å²) in [6.45, 7) is 2.53. The van der Waals surface area contributed by atoms with Crippen LogP contribution in [0.25, 0.3) is 21.8 Å². The molecule has 4 nitrogen and oxygen atoms in total. The minimum absolute atomic E-state index is 0.0376. The first-order valence-corrected chi connectivity index (χ1v) is 16.0. The predicted octanol–water partition coefficient (Wildman–Crippen LogP) is 8.70. The van der Waals surface area contributed by atoms with E-state index >= 15 is 0 Å². The first-order chi connectivity index (χ1) is 21.5. The highest BCUT2D eigenvalue weighted by molar-refractivity contribution is 7.99. The zero-order valence-corrected chi connectivity index (χ0v) is 25.8. The number of fused-ring (bicyclic) bond motifs is 3. The van der Waals surface area contributed by atoms with Crippen LogP contribution >= 0.6 is 23.4 Å². The summed E-state index contributed by atoms with van der Waals surface area (Å²) in [4.78, 5) is 16.5. The van der Waals surface area contributed by atoms with Crippen molar-refractivity contribution in [1.82, 2.24) is 14.8 Å². The van der Waals surface area contributed by atoms with Crippen molar-refractivity contribution in [3.8, 4) is 0 Å². The lowest BCUT2D eigenvalue weighted by Gasteiger charge is -2.23. The summed E-state index contributed by atoms with van der Waals surface area (Å²) in [5.41, 5.74) is 4.75. The highest BCUT2D eigenvalue weighted by Gasteiger charge is 2.15. The number of amides is 1. The third kappa shape index (κ3) is 7.16. The number of nitrogens with one attached hydrogen (secondary N) is 1. The van der Waals surface area contributed by atoms with Crippen LogP contribution in [-0.2, 0) is 31.0 Å². The van der Waals surface area contributed by atoms with Crippen molar-refractivity contribution in [1.29, 1.82) is 0 Å². The van der Waals surface area contributed by atoms with Crippen molar-refractivity contribution in [2.75, 3.05) is 12.3 Å². The number of thioether (sulfide) groups is 1. The first kappa shape index (κ1) is 29.9. The Bertz CT molecular complexity index is 1800. The van der Waals surface area contributed by atoms with Crippen molar-refractivity contribution in [3.63, 3.8) is 0 Å². The van der Waals surface area contributed by atoms with E-state index in [9.17, 15) is 9.18 Å². The lowest BCUT2D eigenvalue weighted by Crippen LogP contribution is -2.27. The third-order valence-electron chi connectivity index (χ3n) is 7.76. The minimum atomic E-state index is -0.287. The Balaban J connectivity index is 1.09. The fourth-order valence-corrected chi connectivity index (χ4v) is 6.68. The van der Waals surface area contributed by atoms with Gasteiger partial charge >= 0.3 is 0 Å². The molecule has 0 unspecified atom stereocenters. The molecule has 0 aliphatic heterocycles. The second-order valence-corrected chi connectivity index (χ2v) is 12.4. The molecule has 0 aliphatic carbocycles. The molecule has 1 heterocycles. The molecule has 0 aliphatic rings. The van der Waals surface area contributed by atoms with Gasteiger partial charge in [0.1, 0.15) is 12.4 Å². The quantitative estimate of drug-likeness (QED) is 0.139. The molecule has 0 saturated carbocycles. The number of benzene rings is 5. The third-order valence-corrected chi connectivity index (χ3v) is 9.11. The van der Waals surface area contributed by atoms with Gasteiger partial charge in [-0.3, -0.25) is 9.69 Å².